The molecule has 2 saturated heterocycles. The largest absolute Gasteiger partial charge is 0.368 e. The first-order valence-electron chi connectivity index (χ1n) is 10.7. The molecule has 0 N–H and O–H groups in total. The number of aromatic nitrogens is 1. The lowest BCUT2D eigenvalue weighted by molar-refractivity contribution is 0.0602. The van der Waals surface area contributed by atoms with Crippen LogP contribution in [-0.2, 0) is 0 Å². The van der Waals surface area contributed by atoms with Crippen LogP contribution in [0.4, 0.5) is 15.8 Å². The van der Waals surface area contributed by atoms with Crippen LogP contribution in [0.3, 0.4) is 0 Å². The molecule has 1 atom stereocenters. The van der Waals surface area contributed by atoms with Gasteiger partial charge in [-0.3, -0.25) is 9.78 Å². The summed E-state index contributed by atoms with van der Waals surface area (Å²) in [5.74, 6) is -0.149. The minimum atomic E-state index is -0.208. The molecule has 2 aliphatic heterocycles. The quantitative estimate of drug-likeness (QED) is 0.785. The number of rotatable bonds is 4. The number of carbonyl (C=O) groups excluding carboxylic acids is 1. The molecule has 0 aliphatic carbocycles. The van der Waals surface area contributed by atoms with Gasteiger partial charge in [0.2, 0.25) is 0 Å². The van der Waals surface area contributed by atoms with Gasteiger partial charge in [-0.05, 0) is 62.1 Å². The number of anilines is 2. The average Bonchev–Trinajstić information content (AvgIpc) is 2.79. The van der Waals surface area contributed by atoms with Gasteiger partial charge in [0.1, 0.15) is 11.5 Å². The number of hydrogen-bond donors (Lipinski definition) is 0. The zero-order valence-corrected chi connectivity index (χ0v) is 17.1. The third-order valence-corrected chi connectivity index (χ3v) is 6.16. The Morgan fingerprint density at radius 3 is 2.38 bits per heavy atom. The van der Waals surface area contributed by atoms with Crippen molar-refractivity contribution in [2.45, 2.75) is 38.6 Å². The predicted octanol–water partition coefficient (Wildman–Crippen LogP) is 3.95. The Balaban J connectivity index is 1.42. The van der Waals surface area contributed by atoms with Gasteiger partial charge in [-0.25, -0.2) is 4.39 Å². The van der Waals surface area contributed by atoms with Crippen molar-refractivity contribution in [1.29, 1.82) is 0 Å². The normalized spacial score (nSPS) is 20.1. The molecule has 5 nitrogen and oxygen atoms in total. The monoisotopic (exact) mass is 396 g/mol. The number of hydrogen-bond acceptors (Lipinski definition) is 4. The number of pyridine rings is 1. The van der Waals surface area contributed by atoms with Gasteiger partial charge in [-0.2, -0.15) is 0 Å². The van der Waals surface area contributed by atoms with E-state index in [9.17, 15) is 9.18 Å². The third-order valence-electron chi connectivity index (χ3n) is 6.16. The summed E-state index contributed by atoms with van der Waals surface area (Å²) in [7, 11) is 0. The molecule has 0 spiro atoms. The Hall–Kier alpha value is -2.63. The van der Waals surface area contributed by atoms with E-state index in [2.05, 4.69) is 21.7 Å². The number of benzene rings is 1. The van der Waals surface area contributed by atoms with Gasteiger partial charge >= 0.3 is 0 Å². The first kappa shape index (κ1) is 19.7. The fraction of sp³-hybridized carbons (Fsp3) is 0.478. The number of piperazine rings is 1. The SMILES string of the molecule is CCC1CCCCN1C(=O)c1cc(N2CCN(c3ccc(F)cc3)CC2)ccn1. The number of amides is 1. The highest BCUT2D eigenvalue weighted by molar-refractivity contribution is 5.93. The lowest BCUT2D eigenvalue weighted by atomic mass is 9.99. The van der Waals surface area contributed by atoms with Crippen LogP contribution in [0.15, 0.2) is 42.6 Å². The van der Waals surface area contributed by atoms with Gasteiger partial charge in [0.05, 0.1) is 0 Å². The Morgan fingerprint density at radius 1 is 1.00 bits per heavy atom. The third kappa shape index (κ3) is 4.36. The maximum Gasteiger partial charge on any atom is 0.272 e. The van der Waals surface area contributed by atoms with Gasteiger partial charge in [-0.15, -0.1) is 0 Å². The second kappa shape index (κ2) is 8.80. The topological polar surface area (TPSA) is 39.7 Å². The molecule has 6 heteroatoms. The molecule has 1 aromatic heterocycles. The predicted molar refractivity (Wildman–Crippen MR) is 114 cm³/mol. The number of carbonyl (C=O) groups is 1. The number of nitrogens with zero attached hydrogens (tertiary/aromatic N) is 4. The van der Waals surface area contributed by atoms with Crippen LogP contribution in [0.1, 0.15) is 43.1 Å². The van der Waals surface area contributed by atoms with Crippen molar-refractivity contribution in [3.8, 4) is 0 Å². The van der Waals surface area contributed by atoms with Crippen molar-refractivity contribution < 1.29 is 9.18 Å². The summed E-state index contributed by atoms with van der Waals surface area (Å²) >= 11 is 0. The van der Waals surface area contributed by atoms with Crippen LogP contribution in [-0.4, -0.2) is 54.6 Å². The molecular formula is C23H29FN4O. The lowest BCUT2D eigenvalue weighted by Crippen LogP contribution is -2.46. The minimum Gasteiger partial charge on any atom is -0.368 e. The Kier molecular flexibility index (Phi) is 5.97. The van der Waals surface area contributed by atoms with Crippen LogP contribution in [0.5, 0.6) is 0 Å². The molecule has 1 unspecified atom stereocenters. The van der Waals surface area contributed by atoms with E-state index in [1.54, 1.807) is 6.20 Å². The zero-order valence-electron chi connectivity index (χ0n) is 17.1. The van der Waals surface area contributed by atoms with E-state index >= 15 is 0 Å². The van der Waals surface area contributed by atoms with E-state index in [-0.39, 0.29) is 11.7 Å². The van der Waals surface area contributed by atoms with Crippen molar-refractivity contribution in [1.82, 2.24) is 9.88 Å². The van der Waals surface area contributed by atoms with E-state index in [0.717, 1.165) is 63.4 Å². The first-order chi connectivity index (χ1) is 14.2. The number of likely N-dealkylation sites (tertiary alicyclic amines) is 1. The fourth-order valence-electron chi connectivity index (χ4n) is 4.45. The maximum absolute atomic E-state index is 13.2. The maximum atomic E-state index is 13.2. The fourth-order valence-corrected chi connectivity index (χ4v) is 4.45. The number of piperidine rings is 1. The van der Waals surface area contributed by atoms with Gasteiger partial charge in [-0.1, -0.05) is 6.92 Å². The van der Waals surface area contributed by atoms with E-state index in [1.807, 2.05) is 29.2 Å². The van der Waals surface area contributed by atoms with Crippen molar-refractivity contribution in [2.75, 3.05) is 42.5 Å². The summed E-state index contributed by atoms with van der Waals surface area (Å²) in [6.07, 6.45) is 6.12. The molecule has 3 heterocycles. The Labute approximate surface area is 172 Å². The molecule has 0 radical (unpaired) electrons. The summed E-state index contributed by atoms with van der Waals surface area (Å²) in [5, 5.41) is 0. The van der Waals surface area contributed by atoms with Crippen LogP contribution in [0, 0.1) is 5.82 Å². The van der Waals surface area contributed by atoms with Crippen molar-refractivity contribution in [2.24, 2.45) is 0 Å². The van der Waals surface area contributed by atoms with Gasteiger partial charge < -0.3 is 14.7 Å². The smallest absolute Gasteiger partial charge is 0.272 e. The highest BCUT2D eigenvalue weighted by atomic mass is 19.1. The van der Waals surface area contributed by atoms with Crippen LogP contribution in [0.25, 0.3) is 0 Å². The van der Waals surface area contributed by atoms with Gasteiger partial charge in [0, 0.05) is 56.3 Å². The van der Waals surface area contributed by atoms with Crippen LogP contribution >= 0.6 is 0 Å². The molecule has 2 fully saturated rings. The van der Waals surface area contributed by atoms with Crippen molar-refractivity contribution in [3.63, 3.8) is 0 Å². The Bertz CT molecular complexity index is 833. The number of halogens is 1. The zero-order chi connectivity index (χ0) is 20.2. The molecular weight excluding hydrogens is 367 g/mol. The summed E-state index contributed by atoms with van der Waals surface area (Å²) in [4.78, 5) is 24.0. The summed E-state index contributed by atoms with van der Waals surface area (Å²) in [5.41, 5.74) is 2.64. The van der Waals surface area contributed by atoms with E-state index < -0.39 is 0 Å². The average molecular weight is 397 g/mol. The Morgan fingerprint density at radius 2 is 1.69 bits per heavy atom. The van der Waals surface area contributed by atoms with Crippen molar-refractivity contribution >= 4 is 17.3 Å². The van der Waals surface area contributed by atoms with E-state index in [4.69, 9.17) is 0 Å². The van der Waals surface area contributed by atoms with Crippen molar-refractivity contribution in [3.05, 3.63) is 54.1 Å². The molecule has 1 amide bonds. The molecule has 4 rings (SSSR count). The van der Waals surface area contributed by atoms with E-state index in [0.29, 0.717) is 11.7 Å². The van der Waals surface area contributed by atoms with Gasteiger partial charge in [0.15, 0.2) is 0 Å². The lowest BCUT2D eigenvalue weighted by Gasteiger charge is -2.38. The summed E-state index contributed by atoms with van der Waals surface area (Å²) in [6, 6.07) is 10.9. The van der Waals surface area contributed by atoms with Crippen LogP contribution < -0.4 is 9.80 Å². The highest BCUT2D eigenvalue weighted by Gasteiger charge is 2.27. The standard InChI is InChI=1S/C23H29FN4O/c1-2-19-5-3-4-12-28(19)23(29)22-17-21(10-11-25-22)27-15-13-26(14-16-27)20-8-6-18(24)7-9-20/h6-11,17,19H,2-5,12-16H2,1H3. The second-order valence-electron chi connectivity index (χ2n) is 7.91. The van der Waals surface area contributed by atoms with Gasteiger partial charge in [0.25, 0.3) is 5.91 Å². The molecule has 154 valence electrons. The molecule has 2 aromatic rings. The second-order valence-corrected chi connectivity index (χ2v) is 7.91. The summed E-state index contributed by atoms with van der Waals surface area (Å²) < 4.78 is 13.2. The van der Waals surface area contributed by atoms with Crippen LogP contribution in [0.2, 0.25) is 0 Å². The molecule has 29 heavy (non-hydrogen) atoms. The highest BCUT2D eigenvalue weighted by Crippen LogP contribution is 2.24. The summed E-state index contributed by atoms with van der Waals surface area (Å²) in [6.45, 7) is 6.43. The van der Waals surface area contributed by atoms with E-state index in [1.165, 1.54) is 18.6 Å². The first-order valence-corrected chi connectivity index (χ1v) is 10.7. The molecule has 2 aliphatic rings. The molecule has 0 saturated carbocycles. The minimum absolute atomic E-state index is 0.0587. The molecule has 1 aromatic carbocycles. The molecule has 0 bridgehead atoms.